The Bertz CT molecular complexity index is 645. The first-order valence-electron chi connectivity index (χ1n) is 6.54. The van der Waals surface area contributed by atoms with E-state index in [1.165, 1.54) is 12.1 Å². The lowest BCUT2D eigenvalue weighted by Crippen LogP contribution is -2.23. The highest BCUT2D eigenvalue weighted by Gasteiger charge is 2.16. The minimum Gasteiger partial charge on any atom is -0.304 e. The number of rotatable bonds is 4. The van der Waals surface area contributed by atoms with Gasteiger partial charge < -0.3 is 5.32 Å². The zero-order chi connectivity index (χ0) is 15.6. The maximum Gasteiger partial charge on any atom is 0.142 e. The highest BCUT2D eigenvalue weighted by atomic mass is 35.5. The summed E-state index contributed by atoms with van der Waals surface area (Å²) in [6.45, 7) is 3.54. The monoisotopic (exact) mass is 313 g/mol. The zero-order valence-corrected chi connectivity index (χ0v) is 12.4. The molecule has 2 aromatic rings. The lowest BCUT2D eigenvalue weighted by Gasteiger charge is -2.21. The lowest BCUT2D eigenvalue weighted by atomic mass is 10.0. The van der Waals surface area contributed by atoms with E-state index in [2.05, 4.69) is 5.32 Å². The van der Waals surface area contributed by atoms with Crippen LogP contribution in [0, 0.1) is 17.5 Å². The predicted octanol–water partition coefficient (Wildman–Crippen LogP) is 5.17. The van der Waals surface area contributed by atoms with Crippen LogP contribution in [0.25, 0.3) is 0 Å². The molecule has 2 rings (SSSR count). The Kier molecular flexibility index (Phi) is 4.91. The summed E-state index contributed by atoms with van der Waals surface area (Å²) in [5.41, 5.74) is 0.914. The van der Waals surface area contributed by atoms with Crippen molar-refractivity contribution in [2.45, 2.75) is 25.9 Å². The first-order chi connectivity index (χ1) is 9.88. The zero-order valence-electron chi connectivity index (χ0n) is 11.6. The summed E-state index contributed by atoms with van der Waals surface area (Å²) in [6.07, 6.45) is 0. The fourth-order valence-corrected chi connectivity index (χ4v) is 2.31. The fourth-order valence-electron chi connectivity index (χ4n) is 2.19. The van der Waals surface area contributed by atoms with E-state index in [4.69, 9.17) is 11.6 Å². The van der Waals surface area contributed by atoms with Gasteiger partial charge in [0.25, 0.3) is 0 Å². The molecule has 1 N–H and O–H groups in total. The summed E-state index contributed by atoms with van der Waals surface area (Å²) in [6, 6.07) is 7.15. The molecule has 112 valence electrons. The molecule has 0 aliphatic rings. The van der Waals surface area contributed by atoms with Crippen molar-refractivity contribution in [1.82, 2.24) is 5.32 Å². The van der Waals surface area contributed by atoms with Gasteiger partial charge in [0.15, 0.2) is 0 Å². The summed E-state index contributed by atoms with van der Waals surface area (Å²) in [5, 5.41) is 3.16. The molecular formula is C16H15ClF3N. The largest absolute Gasteiger partial charge is 0.304 e. The highest BCUT2D eigenvalue weighted by molar-refractivity contribution is 6.30. The molecule has 0 aliphatic heterocycles. The van der Waals surface area contributed by atoms with Crippen molar-refractivity contribution < 1.29 is 13.2 Å². The van der Waals surface area contributed by atoms with Gasteiger partial charge in [-0.1, -0.05) is 17.7 Å². The van der Waals surface area contributed by atoms with Crippen molar-refractivity contribution >= 4 is 11.6 Å². The van der Waals surface area contributed by atoms with Crippen LogP contribution < -0.4 is 5.32 Å². The number of halogens is 4. The summed E-state index contributed by atoms with van der Waals surface area (Å²) >= 11 is 5.64. The summed E-state index contributed by atoms with van der Waals surface area (Å²) in [5.74, 6) is -1.48. The second-order valence-electron chi connectivity index (χ2n) is 4.95. The molecule has 2 aromatic carbocycles. The highest BCUT2D eigenvalue weighted by Crippen LogP contribution is 2.24. The van der Waals surface area contributed by atoms with Crippen LogP contribution in [0.4, 0.5) is 13.2 Å². The second-order valence-corrected chi connectivity index (χ2v) is 5.36. The third kappa shape index (κ3) is 3.77. The third-order valence-corrected chi connectivity index (χ3v) is 3.67. The SMILES string of the molecule is CC(NC(C)c1cc(F)ccc1F)c1ccc(Cl)c(F)c1. The smallest absolute Gasteiger partial charge is 0.142 e. The van der Waals surface area contributed by atoms with Crippen molar-refractivity contribution in [1.29, 1.82) is 0 Å². The second kappa shape index (κ2) is 6.50. The number of hydrogen-bond donors (Lipinski definition) is 1. The fraction of sp³-hybridized carbons (Fsp3) is 0.250. The van der Waals surface area contributed by atoms with Crippen molar-refractivity contribution in [3.05, 3.63) is 70.0 Å². The Balaban J connectivity index is 2.16. The van der Waals surface area contributed by atoms with Crippen molar-refractivity contribution in [2.75, 3.05) is 0 Å². The van der Waals surface area contributed by atoms with Gasteiger partial charge in [0, 0.05) is 17.6 Å². The number of benzene rings is 2. The summed E-state index contributed by atoms with van der Waals surface area (Å²) in [7, 11) is 0. The molecule has 0 aliphatic carbocycles. The molecule has 1 nitrogen and oxygen atoms in total. The molecule has 0 spiro atoms. The minimum absolute atomic E-state index is 0.0511. The van der Waals surface area contributed by atoms with Gasteiger partial charge in [-0.3, -0.25) is 0 Å². The molecule has 0 bridgehead atoms. The lowest BCUT2D eigenvalue weighted by molar-refractivity contribution is 0.468. The van der Waals surface area contributed by atoms with E-state index in [9.17, 15) is 13.2 Å². The van der Waals surface area contributed by atoms with Crippen LogP contribution in [0.2, 0.25) is 5.02 Å². The first kappa shape index (κ1) is 15.9. The van der Waals surface area contributed by atoms with Crippen molar-refractivity contribution in [3.63, 3.8) is 0 Å². The summed E-state index contributed by atoms with van der Waals surface area (Å²) in [4.78, 5) is 0. The average Bonchev–Trinajstić information content (AvgIpc) is 2.44. The molecule has 0 saturated carbocycles. The van der Waals surface area contributed by atoms with E-state index in [-0.39, 0.29) is 16.6 Å². The van der Waals surface area contributed by atoms with Gasteiger partial charge in [-0.15, -0.1) is 0 Å². The third-order valence-electron chi connectivity index (χ3n) is 3.37. The molecule has 0 aromatic heterocycles. The summed E-state index contributed by atoms with van der Waals surface area (Å²) < 4.78 is 40.4. The molecule has 0 fully saturated rings. The van der Waals surface area contributed by atoms with Gasteiger partial charge >= 0.3 is 0 Å². The molecular weight excluding hydrogens is 299 g/mol. The Hall–Kier alpha value is -1.52. The standard InChI is InChI=1S/C16H15ClF3N/c1-9(11-3-5-14(17)16(20)7-11)21-10(2)13-8-12(18)4-6-15(13)19/h3-10,21H,1-2H3. The van der Waals surface area contributed by atoms with E-state index in [1.54, 1.807) is 13.0 Å². The van der Waals surface area contributed by atoms with Gasteiger partial charge in [0.2, 0.25) is 0 Å². The average molecular weight is 314 g/mol. The maximum atomic E-state index is 13.7. The van der Waals surface area contributed by atoms with E-state index in [0.29, 0.717) is 5.56 Å². The van der Waals surface area contributed by atoms with Crippen LogP contribution in [0.3, 0.4) is 0 Å². The van der Waals surface area contributed by atoms with Crippen LogP contribution in [-0.2, 0) is 0 Å². The van der Waals surface area contributed by atoms with Gasteiger partial charge in [-0.25, -0.2) is 13.2 Å². The van der Waals surface area contributed by atoms with Crippen molar-refractivity contribution in [2.24, 2.45) is 0 Å². The van der Waals surface area contributed by atoms with Gasteiger partial charge in [0.1, 0.15) is 17.5 Å². The van der Waals surface area contributed by atoms with Crippen molar-refractivity contribution in [3.8, 4) is 0 Å². The normalized spacial score (nSPS) is 14.0. The van der Waals surface area contributed by atoms with E-state index >= 15 is 0 Å². The maximum absolute atomic E-state index is 13.7. The Morgan fingerprint density at radius 2 is 1.62 bits per heavy atom. The molecule has 0 radical (unpaired) electrons. The topological polar surface area (TPSA) is 12.0 Å². The number of hydrogen-bond acceptors (Lipinski definition) is 1. The quantitative estimate of drug-likeness (QED) is 0.821. The Morgan fingerprint density at radius 3 is 2.29 bits per heavy atom. The number of nitrogens with one attached hydrogen (secondary N) is 1. The first-order valence-corrected chi connectivity index (χ1v) is 6.92. The van der Waals surface area contributed by atoms with Gasteiger partial charge in [-0.05, 0) is 49.7 Å². The van der Waals surface area contributed by atoms with E-state index < -0.39 is 23.5 Å². The van der Waals surface area contributed by atoms with Crippen LogP contribution in [0.1, 0.15) is 37.1 Å². The predicted molar refractivity (Wildman–Crippen MR) is 77.7 cm³/mol. The van der Waals surface area contributed by atoms with Gasteiger partial charge in [-0.2, -0.15) is 0 Å². The van der Waals surface area contributed by atoms with E-state index in [1.807, 2.05) is 6.92 Å². The Morgan fingerprint density at radius 1 is 0.905 bits per heavy atom. The molecule has 5 heteroatoms. The molecule has 21 heavy (non-hydrogen) atoms. The Labute approximate surface area is 126 Å². The van der Waals surface area contributed by atoms with Crippen LogP contribution in [0.15, 0.2) is 36.4 Å². The van der Waals surface area contributed by atoms with Gasteiger partial charge in [0.05, 0.1) is 5.02 Å². The molecule has 0 heterocycles. The minimum atomic E-state index is -0.507. The van der Waals surface area contributed by atoms with Crippen LogP contribution in [-0.4, -0.2) is 0 Å². The molecule has 2 atom stereocenters. The molecule has 0 saturated heterocycles. The van der Waals surface area contributed by atoms with E-state index in [0.717, 1.165) is 18.2 Å². The molecule has 0 amide bonds. The molecule has 2 unspecified atom stereocenters. The van der Waals surface area contributed by atoms with Crippen LogP contribution >= 0.6 is 11.6 Å². The van der Waals surface area contributed by atoms with Crippen LogP contribution in [0.5, 0.6) is 0 Å².